The molecule has 0 aliphatic heterocycles. The van der Waals surface area contributed by atoms with Gasteiger partial charge in [0.15, 0.2) is 0 Å². The smallest absolute Gasteiger partial charge is 0.148 e. The lowest BCUT2D eigenvalue weighted by Gasteiger charge is -2.18. The Labute approximate surface area is 132 Å². The minimum absolute atomic E-state index is 0.556. The molecule has 21 heavy (non-hydrogen) atoms. The predicted molar refractivity (Wildman–Crippen MR) is 90.9 cm³/mol. The van der Waals surface area contributed by atoms with E-state index < -0.39 is 0 Å². The molecule has 0 saturated heterocycles. The maximum Gasteiger partial charge on any atom is 0.148 e. The second-order valence-electron chi connectivity index (χ2n) is 4.84. The van der Waals surface area contributed by atoms with Crippen LogP contribution >= 0.6 is 22.9 Å². The highest BCUT2D eigenvalue weighted by Crippen LogP contribution is 2.39. The molecule has 3 rings (SSSR count). The van der Waals surface area contributed by atoms with Crippen molar-refractivity contribution in [2.45, 2.75) is 13.5 Å². The lowest BCUT2D eigenvalue weighted by molar-refractivity contribution is 0.935. The Balaban J connectivity index is 1.92. The molecule has 0 spiro atoms. The molecule has 0 saturated carbocycles. The molecule has 0 unspecified atom stereocenters. The van der Waals surface area contributed by atoms with Crippen molar-refractivity contribution in [3.8, 4) is 11.3 Å². The molecule has 0 aliphatic rings. The van der Waals surface area contributed by atoms with Crippen LogP contribution in [0.4, 0.5) is 10.8 Å². The molecule has 108 valence electrons. The second-order valence-corrected chi connectivity index (χ2v) is 6.66. The van der Waals surface area contributed by atoms with Gasteiger partial charge in [-0.15, -0.1) is 11.3 Å². The van der Waals surface area contributed by atoms with Gasteiger partial charge in [0.2, 0.25) is 0 Å². The van der Waals surface area contributed by atoms with Crippen LogP contribution in [-0.2, 0) is 6.54 Å². The van der Waals surface area contributed by atoms with Gasteiger partial charge >= 0.3 is 0 Å². The topological polar surface area (TPSA) is 55.0 Å². The Morgan fingerprint density at radius 3 is 2.67 bits per heavy atom. The van der Waals surface area contributed by atoms with Crippen LogP contribution in [0, 0.1) is 6.92 Å². The van der Waals surface area contributed by atoms with Gasteiger partial charge in [-0.2, -0.15) is 4.37 Å². The van der Waals surface area contributed by atoms with Crippen molar-refractivity contribution in [3.63, 3.8) is 0 Å². The van der Waals surface area contributed by atoms with Crippen molar-refractivity contribution in [1.29, 1.82) is 0 Å². The second kappa shape index (κ2) is 5.83. The number of nitrogen functional groups attached to an aromatic ring is 1. The van der Waals surface area contributed by atoms with Crippen LogP contribution in [-0.4, -0.2) is 16.4 Å². The summed E-state index contributed by atoms with van der Waals surface area (Å²) in [4.78, 5) is 6.72. The molecule has 0 amide bonds. The summed E-state index contributed by atoms with van der Waals surface area (Å²) < 4.78 is 4.31. The number of thiazole rings is 1. The molecular weight excluding hydrogens is 300 g/mol. The zero-order valence-electron chi connectivity index (χ0n) is 11.9. The number of nitrogens with zero attached hydrogens (tertiary/aromatic N) is 3. The van der Waals surface area contributed by atoms with Gasteiger partial charge in [-0.3, -0.25) is 0 Å². The van der Waals surface area contributed by atoms with Crippen LogP contribution in [0.15, 0.2) is 35.7 Å². The van der Waals surface area contributed by atoms with Crippen LogP contribution in [0.2, 0.25) is 0 Å². The van der Waals surface area contributed by atoms with E-state index in [1.54, 1.807) is 11.3 Å². The van der Waals surface area contributed by atoms with E-state index in [0.717, 1.165) is 27.8 Å². The molecule has 2 N–H and O–H groups in total. The maximum absolute atomic E-state index is 6.05. The van der Waals surface area contributed by atoms with E-state index in [1.807, 2.05) is 18.4 Å². The molecule has 2 aromatic heterocycles. The van der Waals surface area contributed by atoms with Gasteiger partial charge in [0.1, 0.15) is 10.8 Å². The van der Waals surface area contributed by atoms with Gasteiger partial charge < -0.3 is 10.6 Å². The summed E-state index contributed by atoms with van der Waals surface area (Å²) in [5, 5.41) is 4.13. The van der Waals surface area contributed by atoms with Crippen molar-refractivity contribution >= 4 is 33.7 Å². The first-order valence-electron chi connectivity index (χ1n) is 6.58. The molecule has 2 heterocycles. The fraction of sp³-hybridized carbons (Fsp3) is 0.200. The normalized spacial score (nSPS) is 10.8. The van der Waals surface area contributed by atoms with E-state index in [0.29, 0.717) is 5.82 Å². The quantitative estimate of drug-likeness (QED) is 0.795. The number of nitrogens with two attached hydrogens (primary N) is 1. The third-order valence-electron chi connectivity index (χ3n) is 3.18. The van der Waals surface area contributed by atoms with Crippen molar-refractivity contribution in [2.75, 3.05) is 17.7 Å². The fourth-order valence-electron chi connectivity index (χ4n) is 2.20. The van der Waals surface area contributed by atoms with Gasteiger partial charge in [-0.25, -0.2) is 4.98 Å². The Kier molecular flexibility index (Phi) is 3.90. The number of hydrogen-bond acceptors (Lipinski definition) is 6. The first-order valence-corrected chi connectivity index (χ1v) is 8.23. The van der Waals surface area contributed by atoms with Crippen LogP contribution in [0.3, 0.4) is 0 Å². The van der Waals surface area contributed by atoms with Gasteiger partial charge in [-0.1, -0.05) is 30.3 Å². The van der Waals surface area contributed by atoms with Gasteiger partial charge in [0.25, 0.3) is 0 Å². The van der Waals surface area contributed by atoms with Crippen LogP contribution in [0.1, 0.15) is 10.6 Å². The summed E-state index contributed by atoms with van der Waals surface area (Å²) >= 11 is 3.05. The minimum atomic E-state index is 0.556. The Morgan fingerprint density at radius 2 is 2.00 bits per heavy atom. The number of hydrogen-bond donors (Lipinski definition) is 1. The summed E-state index contributed by atoms with van der Waals surface area (Å²) in [5.41, 5.74) is 9.17. The van der Waals surface area contributed by atoms with E-state index in [2.05, 4.69) is 45.6 Å². The third-order valence-corrected chi connectivity index (χ3v) is 4.94. The average molecular weight is 316 g/mol. The number of rotatable bonds is 4. The lowest BCUT2D eigenvalue weighted by Crippen LogP contribution is -2.15. The minimum Gasteiger partial charge on any atom is -0.382 e. The van der Waals surface area contributed by atoms with Crippen LogP contribution < -0.4 is 10.6 Å². The largest absolute Gasteiger partial charge is 0.382 e. The van der Waals surface area contributed by atoms with Crippen molar-refractivity contribution in [3.05, 3.63) is 46.3 Å². The van der Waals surface area contributed by atoms with E-state index in [-0.39, 0.29) is 0 Å². The number of anilines is 2. The molecule has 0 atom stereocenters. The lowest BCUT2D eigenvalue weighted by atomic mass is 10.2. The first kappa shape index (κ1) is 14.0. The molecule has 3 aromatic rings. The summed E-state index contributed by atoms with van der Waals surface area (Å²) in [6.07, 6.45) is 0. The van der Waals surface area contributed by atoms with Crippen molar-refractivity contribution < 1.29 is 0 Å². The number of aryl methyl sites for hydroxylation is 1. The van der Waals surface area contributed by atoms with Crippen LogP contribution in [0.5, 0.6) is 0 Å². The zero-order valence-corrected chi connectivity index (χ0v) is 13.5. The summed E-state index contributed by atoms with van der Waals surface area (Å²) in [5.74, 6) is 0.556. The van der Waals surface area contributed by atoms with E-state index in [1.165, 1.54) is 17.1 Å². The molecule has 6 heteroatoms. The number of benzene rings is 1. The Hall–Kier alpha value is -1.92. The summed E-state index contributed by atoms with van der Waals surface area (Å²) in [6, 6.07) is 10.4. The van der Waals surface area contributed by atoms with E-state index in [4.69, 9.17) is 5.73 Å². The van der Waals surface area contributed by atoms with Crippen molar-refractivity contribution in [1.82, 2.24) is 9.36 Å². The molecular formula is C15H16N4S2. The van der Waals surface area contributed by atoms with Crippen LogP contribution in [0.25, 0.3) is 11.3 Å². The Morgan fingerprint density at radius 1 is 1.24 bits per heavy atom. The summed E-state index contributed by atoms with van der Waals surface area (Å²) in [7, 11) is 2.06. The SMILES string of the molecule is Cc1nc(-c2c(N)nsc2N(C)Cc2ccccc2)cs1. The van der Waals surface area contributed by atoms with E-state index in [9.17, 15) is 0 Å². The maximum atomic E-state index is 6.05. The zero-order chi connectivity index (χ0) is 14.8. The monoisotopic (exact) mass is 316 g/mol. The fourth-order valence-corrected chi connectivity index (χ4v) is 3.59. The highest BCUT2D eigenvalue weighted by Gasteiger charge is 2.19. The molecule has 1 aromatic carbocycles. The molecule has 0 radical (unpaired) electrons. The molecule has 0 fully saturated rings. The molecule has 0 aliphatic carbocycles. The third kappa shape index (κ3) is 2.91. The van der Waals surface area contributed by atoms with Crippen molar-refractivity contribution in [2.24, 2.45) is 0 Å². The van der Waals surface area contributed by atoms with Gasteiger partial charge in [0.05, 0.1) is 16.3 Å². The highest BCUT2D eigenvalue weighted by atomic mass is 32.1. The average Bonchev–Trinajstić information content (AvgIpc) is 3.05. The summed E-state index contributed by atoms with van der Waals surface area (Å²) in [6.45, 7) is 2.82. The Bertz CT molecular complexity index is 733. The van der Waals surface area contributed by atoms with Gasteiger partial charge in [0, 0.05) is 19.0 Å². The molecule has 0 bridgehead atoms. The predicted octanol–water partition coefficient (Wildman–Crippen LogP) is 3.79. The molecule has 4 nitrogen and oxygen atoms in total. The number of aromatic nitrogens is 2. The van der Waals surface area contributed by atoms with Gasteiger partial charge in [-0.05, 0) is 24.0 Å². The highest BCUT2D eigenvalue weighted by molar-refractivity contribution is 7.11. The van der Waals surface area contributed by atoms with E-state index >= 15 is 0 Å². The first-order chi connectivity index (χ1) is 10.1. The standard InChI is InChI=1S/C15H16N4S2/c1-10-17-12(9-20-10)13-14(16)18-21-15(13)19(2)8-11-6-4-3-5-7-11/h3-7,9H,8H2,1-2H3,(H2,16,18).